The summed E-state index contributed by atoms with van der Waals surface area (Å²) >= 11 is 0. The van der Waals surface area contributed by atoms with Crippen molar-refractivity contribution >= 4 is 10.0 Å². The molecule has 5 heteroatoms. The summed E-state index contributed by atoms with van der Waals surface area (Å²) in [6.45, 7) is 4.00. The number of nitrogens with two attached hydrogens (primary N) is 1. The summed E-state index contributed by atoms with van der Waals surface area (Å²) in [5.74, 6) is 0. The summed E-state index contributed by atoms with van der Waals surface area (Å²) in [6, 6.07) is 6.74. The zero-order valence-electron chi connectivity index (χ0n) is 9.26. The highest BCUT2D eigenvalue weighted by Crippen LogP contribution is 2.18. The molecule has 0 aliphatic heterocycles. The lowest BCUT2D eigenvalue weighted by molar-refractivity contribution is 0.498. The molecular weight excluding hydrogens is 224 g/mol. The molecule has 0 fully saturated rings. The van der Waals surface area contributed by atoms with E-state index in [1.165, 1.54) is 11.4 Å². The van der Waals surface area contributed by atoms with Gasteiger partial charge in [0.15, 0.2) is 0 Å². The maximum absolute atomic E-state index is 12.1. The van der Waals surface area contributed by atoms with Gasteiger partial charge in [0.2, 0.25) is 10.0 Å². The van der Waals surface area contributed by atoms with Crippen molar-refractivity contribution in [2.24, 2.45) is 5.73 Å². The molecule has 0 aliphatic rings. The summed E-state index contributed by atoms with van der Waals surface area (Å²) < 4.78 is 25.5. The van der Waals surface area contributed by atoms with Crippen molar-refractivity contribution in [2.45, 2.75) is 11.4 Å². The summed E-state index contributed by atoms with van der Waals surface area (Å²) in [5.41, 5.74) is 6.14. The molecule has 88 valence electrons. The van der Waals surface area contributed by atoms with Crippen LogP contribution in [0.2, 0.25) is 0 Å². The van der Waals surface area contributed by atoms with Gasteiger partial charge in [-0.2, -0.15) is 4.31 Å². The number of likely N-dealkylation sites (N-methyl/N-ethyl adjacent to an activating group) is 1. The lowest BCUT2D eigenvalue weighted by Crippen LogP contribution is -2.28. The molecule has 1 aromatic rings. The number of sulfonamides is 1. The van der Waals surface area contributed by atoms with E-state index in [2.05, 4.69) is 6.58 Å². The fourth-order valence-corrected chi connectivity index (χ4v) is 2.74. The molecule has 0 aliphatic carbocycles. The maximum atomic E-state index is 12.1. The molecule has 0 bridgehead atoms. The minimum Gasteiger partial charge on any atom is -0.326 e. The van der Waals surface area contributed by atoms with Gasteiger partial charge in [0, 0.05) is 20.1 Å². The summed E-state index contributed by atoms with van der Waals surface area (Å²) in [7, 11) is -1.94. The first-order valence-electron chi connectivity index (χ1n) is 4.89. The van der Waals surface area contributed by atoms with E-state index in [1.807, 2.05) is 0 Å². The van der Waals surface area contributed by atoms with Crippen molar-refractivity contribution in [3.8, 4) is 0 Å². The molecule has 0 spiro atoms. The van der Waals surface area contributed by atoms with Crippen LogP contribution in [0, 0.1) is 0 Å². The molecule has 0 saturated carbocycles. The number of nitrogens with zero attached hydrogens (tertiary/aromatic N) is 1. The van der Waals surface area contributed by atoms with Crippen molar-refractivity contribution in [1.82, 2.24) is 4.31 Å². The van der Waals surface area contributed by atoms with Gasteiger partial charge in [-0.3, -0.25) is 0 Å². The maximum Gasteiger partial charge on any atom is 0.243 e. The van der Waals surface area contributed by atoms with Crippen LogP contribution in [-0.4, -0.2) is 26.3 Å². The molecule has 1 rings (SSSR count). The van der Waals surface area contributed by atoms with Crippen LogP contribution in [0.1, 0.15) is 5.56 Å². The third-order valence-corrected chi connectivity index (χ3v) is 4.19. The summed E-state index contributed by atoms with van der Waals surface area (Å²) in [5, 5.41) is 0. The normalized spacial score (nSPS) is 11.7. The minimum atomic E-state index is -3.46. The van der Waals surface area contributed by atoms with Crippen molar-refractivity contribution in [2.75, 3.05) is 13.6 Å². The minimum absolute atomic E-state index is 0.206. The first-order chi connectivity index (χ1) is 7.54. The average molecular weight is 240 g/mol. The predicted octanol–water partition coefficient (Wildman–Crippen LogP) is 0.952. The van der Waals surface area contributed by atoms with Gasteiger partial charge < -0.3 is 5.73 Å². The van der Waals surface area contributed by atoms with E-state index in [9.17, 15) is 8.42 Å². The third-order valence-electron chi connectivity index (χ3n) is 2.27. The van der Waals surface area contributed by atoms with Crippen LogP contribution < -0.4 is 5.73 Å². The predicted molar refractivity (Wildman–Crippen MR) is 64.3 cm³/mol. The summed E-state index contributed by atoms with van der Waals surface area (Å²) in [4.78, 5) is 0.266. The second-order valence-electron chi connectivity index (χ2n) is 3.39. The molecule has 2 N–H and O–H groups in total. The number of hydrogen-bond acceptors (Lipinski definition) is 3. The highest BCUT2D eigenvalue weighted by molar-refractivity contribution is 7.89. The van der Waals surface area contributed by atoms with Crippen molar-refractivity contribution < 1.29 is 8.42 Å². The van der Waals surface area contributed by atoms with E-state index < -0.39 is 10.0 Å². The monoisotopic (exact) mass is 240 g/mol. The molecule has 0 unspecified atom stereocenters. The molecule has 0 saturated heterocycles. The second kappa shape index (κ2) is 5.25. The van der Waals surface area contributed by atoms with E-state index in [0.717, 1.165) is 0 Å². The van der Waals surface area contributed by atoms with Gasteiger partial charge in [0.05, 0.1) is 4.90 Å². The molecule has 0 heterocycles. The van der Waals surface area contributed by atoms with Crippen LogP contribution in [0.25, 0.3) is 0 Å². The largest absolute Gasteiger partial charge is 0.326 e. The van der Waals surface area contributed by atoms with E-state index in [-0.39, 0.29) is 18.0 Å². The number of hydrogen-bond donors (Lipinski definition) is 1. The van der Waals surface area contributed by atoms with Crippen molar-refractivity contribution in [3.63, 3.8) is 0 Å². The Hall–Kier alpha value is -1.17. The molecule has 0 aromatic heterocycles. The Labute approximate surface area is 96.4 Å². The Morgan fingerprint density at radius 1 is 1.44 bits per heavy atom. The van der Waals surface area contributed by atoms with Gasteiger partial charge in [-0.05, 0) is 11.6 Å². The number of benzene rings is 1. The van der Waals surface area contributed by atoms with Crippen LogP contribution in [0.15, 0.2) is 41.8 Å². The van der Waals surface area contributed by atoms with Crippen LogP contribution in [-0.2, 0) is 16.6 Å². The molecule has 1 aromatic carbocycles. The first-order valence-corrected chi connectivity index (χ1v) is 6.33. The fourth-order valence-electron chi connectivity index (χ4n) is 1.37. The highest BCUT2D eigenvalue weighted by Gasteiger charge is 2.21. The lowest BCUT2D eigenvalue weighted by atomic mass is 10.2. The van der Waals surface area contributed by atoms with E-state index in [4.69, 9.17) is 5.73 Å². The van der Waals surface area contributed by atoms with Crippen LogP contribution in [0.3, 0.4) is 0 Å². The van der Waals surface area contributed by atoms with Crippen LogP contribution in [0.4, 0.5) is 0 Å². The molecule has 16 heavy (non-hydrogen) atoms. The van der Waals surface area contributed by atoms with Gasteiger partial charge in [0.1, 0.15) is 0 Å². The van der Waals surface area contributed by atoms with Gasteiger partial charge >= 0.3 is 0 Å². The topological polar surface area (TPSA) is 63.4 Å². The second-order valence-corrected chi connectivity index (χ2v) is 5.40. The van der Waals surface area contributed by atoms with Gasteiger partial charge in [-0.1, -0.05) is 24.3 Å². The standard InChI is InChI=1S/C11H16N2O2S/c1-3-8-13(2)16(14,15)11-7-5-4-6-10(11)9-12/h3-7H,1,8-9,12H2,2H3. The summed E-state index contributed by atoms with van der Waals surface area (Å²) in [6.07, 6.45) is 1.54. The Morgan fingerprint density at radius 2 is 2.06 bits per heavy atom. The molecular formula is C11H16N2O2S. The van der Waals surface area contributed by atoms with Crippen LogP contribution in [0.5, 0.6) is 0 Å². The van der Waals surface area contributed by atoms with E-state index in [1.54, 1.807) is 30.3 Å². The fraction of sp³-hybridized carbons (Fsp3) is 0.273. The van der Waals surface area contributed by atoms with Gasteiger partial charge in [0.25, 0.3) is 0 Å². The Bertz CT molecular complexity index is 469. The average Bonchev–Trinajstić information content (AvgIpc) is 2.29. The third kappa shape index (κ3) is 2.49. The smallest absolute Gasteiger partial charge is 0.243 e. The van der Waals surface area contributed by atoms with E-state index >= 15 is 0 Å². The zero-order valence-corrected chi connectivity index (χ0v) is 10.1. The van der Waals surface area contributed by atoms with Crippen molar-refractivity contribution in [3.05, 3.63) is 42.5 Å². The SMILES string of the molecule is C=CCN(C)S(=O)(=O)c1ccccc1CN. The molecule has 0 atom stereocenters. The first kappa shape index (κ1) is 12.9. The number of rotatable bonds is 5. The Balaban J connectivity index is 3.21. The lowest BCUT2D eigenvalue weighted by Gasteiger charge is -2.17. The Morgan fingerprint density at radius 3 is 2.62 bits per heavy atom. The van der Waals surface area contributed by atoms with E-state index in [0.29, 0.717) is 5.56 Å². The Kier molecular flexibility index (Phi) is 4.23. The van der Waals surface area contributed by atoms with Crippen LogP contribution >= 0.6 is 0 Å². The zero-order chi connectivity index (χ0) is 12.2. The van der Waals surface area contributed by atoms with Crippen molar-refractivity contribution in [1.29, 1.82) is 0 Å². The van der Waals surface area contributed by atoms with Gasteiger partial charge in [-0.15, -0.1) is 6.58 Å². The molecule has 0 amide bonds. The van der Waals surface area contributed by atoms with Gasteiger partial charge in [-0.25, -0.2) is 8.42 Å². The quantitative estimate of drug-likeness (QED) is 0.779. The molecule has 0 radical (unpaired) electrons. The highest BCUT2D eigenvalue weighted by atomic mass is 32.2. The molecule has 4 nitrogen and oxygen atoms in total.